The quantitative estimate of drug-likeness (QED) is 0.530. The van der Waals surface area contributed by atoms with Crippen molar-refractivity contribution in [3.8, 4) is 0 Å². The second kappa shape index (κ2) is 2.97. The Morgan fingerprint density at radius 1 is 1.33 bits per heavy atom. The highest BCUT2D eigenvalue weighted by atomic mass is 16.6. The van der Waals surface area contributed by atoms with Crippen molar-refractivity contribution in [2.24, 2.45) is 17.3 Å². The Hall–Kier alpha value is -0.570. The van der Waals surface area contributed by atoms with Crippen LogP contribution in [0.1, 0.15) is 34.6 Å². The molecule has 3 atom stereocenters. The van der Waals surface area contributed by atoms with Crippen LogP contribution in [0.15, 0.2) is 0 Å². The number of epoxide rings is 1. The minimum Gasteiger partial charge on any atom is -0.466 e. The van der Waals surface area contributed by atoms with Crippen LogP contribution >= 0.6 is 0 Å². The first-order valence-corrected chi connectivity index (χ1v) is 5.67. The van der Waals surface area contributed by atoms with Crippen LogP contribution in [0.25, 0.3) is 0 Å². The lowest BCUT2D eigenvalue weighted by atomic mass is 10.0. The van der Waals surface area contributed by atoms with Gasteiger partial charge in [-0.15, -0.1) is 0 Å². The van der Waals surface area contributed by atoms with E-state index in [1.807, 2.05) is 6.92 Å². The molecule has 0 amide bonds. The lowest BCUT2D eigenvalue weighted by Crippen LogP contribution is -2.12. The SMILES string of the molecule is CCOC(=O)[C@@H]1[C@@H]([C@H]2OC2(C)C)C1(C)C. The molecule has 1 saturated heterocycles. The van der Waals surface area contributed by atoms with Crippen LogP contribution in [0.3, 0.4) is 0 Å². The summed E-state index contributed by atoms with van der Waals surface area (Å²) in [6.07, 6.45) is 0.238. The van der Waals surface area contributed by atoms with Crippen LogP contribution in [0.5, 0.6) is 0 Å². The highest BCUT2D eigenvalue weighted by Gasteiger charge is 2.73. The highest BCUT2D eigenvalue weighted by molar-refractivity contribution is 5.78. The predicted molar refractivity (Wildman–Crippen MR) is 56.3 cm³/mol. The van der Waals surface area contributed by atoms with E-state index < -0.39 is 0 Å². The van der Waals surface area contributed by atoms with Crippen molar-refractivity contribution >= 4 is 5.97 Å². The molecule has 15 heavy (non-hydrogen) atoms. The van der Waals surface area contributed by atoms with Crippen LogP contribution in [0.2, 0.25) is 0 Å². The lowest BCUT2D eigenvalue weighted by molar-refractivity contribution is -0.145. The van der Waals surface area contributed by atoms with Gasteiger partial charge in [-0.1, -0.05) is 13.8 Å². The van der Waals surface area contributed by atoms with Crippen molar-refractivity contribution in [1.29, 1.82) is 0 Å². The molecule has 1 aliphatic carbocycles. The van der Waals surface area contributed by atoms with Crippen LogP contribution in [0, 0.1) is 17.3 Å². The molecule has 0 unspecified atom stereocenters. The van der Waals surface area contributed by atoms with Crippen molar-refractivity contribution in [3.05, 3.63) is 0 Å². The van der Waals surface area contributed by atoms with Crippen molar-refractivity contribution < 1.29 is 14.3 Å². The third-order valence-electron chi connectivity index (χ3n) is 3.84. The molecular formula is C12H20O3. The van der Waals surface area contributed by atoms with Gasteiger partial charge in [-0.05, 0) is 26.2 Å². The minimum absolute atomic E-state index is 0.0317. The van der Waals surface area contributed by atoms with Gasteiger partial charge in [0, 0.05) is 5.92 Å². The zero-order valence-corrected chi connectivity index (χ0v) is 10.2. The number of carbonyl (C=O) groups excluding carboxylic acids is 1. The first kappa shape index (κ1) is 10.9. The molecule has 2 fully saturated rings. The van der Waals surface area contributed by atoms with Crippen LogP contribution < -0.4 is 0 Å². The second-order valence-corrected chi connectivity index (χ2v) is 5.72. The molecule has 1 saturated carbocycles. The summed E-state index contributed by atoms with van der Waals surface area (Å²) in [6.45, 7) is 10.7. The van der Waals surface area contributed by atoms with Gasteiger partial charge in [0.15, 0.2) is 0 Å². The Balaban J connectivity index is 2.01. The molecule has 0 aromatic carbocycles. The number of carbonyl (C=O) groups is 1. The topological polar surface area (TPSA) is 38.8 Å². The minimum atomic E-state index is -0.0567. The fourth-order valence-corrected chi connectivity index (χ4v) is 2.72. The number of ether oxygens (including phenoxy) is 2. The smallest absolute Gasteiger partial charge is 0.309 e. The number of hydrogen-bond acceptors (Lipinski definition) is 3. The van der Waals surface area contributed by atoms with Crippen LogP contribution in [0.4, 0.5) is 0 Å². The Kier molecular flexibility index (Phi) is 2.16. The molecule has 0 N–H and O–H groups in total. The standard InChI is InChI=1S/C12H20O3/c1-6-14-10(13)8-7(11(8,2)3)9-12(4,5)15-9/h7-9H,6H2,1-5H3/t7-,8-,9+/m0/s1. The Morgan fingerprint density at radius 3 is 2.27 bits per heavy atom. The molecule has 2 aliphatic rings. The summed E-state index contributed by atoms with van der Waals surface area (Å²) in [6, 6.07) is 0. The van der Waals surface area contributed by atoms with Gasteiger partial charge in [0.1, 0.15) is 0 Å². The van der Waals surface area contributed by atoms with Crippen molar-refractivity contribution in [1.82, 2.24) is 0 Å². The molecule has 86 valence electrons. The predicted octanol–water partition coefficient (Wildman–Crippen LogP) is 2.00. The Morgan fingerprint density at radius 2 is 1.87 bits per heavy atom. The summed E-state index contributed by atoms with van der Waals surface area (Å²) >= 11 is 0. The summed E-state index contributed by atoms with van der Waals surface area (Å²) in [5.74, 6) is 0.314. The molecule has 1 aliphatic heterocycles. The van der Waals surface area contributed by atoms with E-state index in [1.165, 1.54) is 0 Å². The summed E-state index contributed by atoms with van der Waals surface area (Å²) in [4.78, 5) is 11.7. The van der Waals surface area contributed by atoms with E-state index in [1.54, 1.807) is 0 Å². The zero-order valence-electron chi connectivity index (χ0n) is 10.2. The van der Waals surface area contributed by atoms with E-state index >= 15 is 0 Å². The summed E-state index contributed by atoms with van der Waals surface area (Å²) in [5, 5.41) is 0. The molecule has 1 heterocycles. The summed E-state index contributed by atoms with van der Waals surface area (Å²) < 4.78 is 10.7. The molecule has 0 radical (unpaired) electrons. The van der Waals surface area contributed by atoms with Crippen molar-refractivity contribution in [2.45, 2.75) is 46.3 Å². The first-order chi connectivity index (χ1) is 6.82. The molecule has 0 aromatic heterocycles. The summed E-state index contributed by atoms with van der Waals surface area (Å²) in [5.41, 5.74) is 0.00781. The number of esters is 1. The van der Waals surface area contributed by atoms with Gasteiger partial charge in [-0.3, -0.25) is 4.79 Å². The maximum absolute atomic E-state index is 11.7. The molecule has 2 rings (SSSR count). The van der Waals surface area contributed by atoms with E-state index in [0.717, 1.165) is 0 Å². The molecule has 3 heteroatoms. The largest absolute Gasteiger partial charge is 0.466 e. The fourth-order valence-electron chi connectivity index (χ4n) is 2.72. The third kappa shape index (κ3) is 1.57. The third-order valence-corrected chi connectivity index (χ3v) is 3.84. The molecule has 3 nitrogen and oxygen atoms in total. The van der Waals surface area contributed by atoms with E-state index in [9.17, 15) is 4.79 Å². The van der Waals surface area contributed by atoms with Gasteiger partial charge in [-0.2, -0.15) is 0 Å². The van der Waals surface area contributed by atoms with Crippen molar-refractivity contribution in [3.63, 3.8) is 0 Å². The monoisotopic (exact) mass is 212 g/mol. The average molecular weight is 212 g/mol. The molecule has 0 aromatic rings. The molecule has 0 bridgehead atoms. The number of hydrogen-bond donors (Lipinski definition) is 0. The van der Waals surface area contributed by atoms with Gasteiger partial charge >= 0.3 is 5.97 Å². The zero-order chi connectivity index (χ0) is 11.4. The van der Waals surface area contributed by atoms with E-state index in [0.29, 0.717) is 12.5 Å². The Labute approximate surface area is 91.1 Å². The maximum Gasteiger partial charge on any atom is 0.309 e. The molecular weight excluding hydrogens is 192 g/mol. The maximum atomic E-state index is 11.7. The van der Waals surface area contributed by atoms with E-state index in [4.69, 9.17) is 9.47 Å². The van der Waals surface area contributed by atoms with Crippen LogP contribution in [-0.2, 0) is 14.3 Å². The molecule has 0 spiro atoms. The second-order valence-electron chi connectivity index (χ2n) is 5.72. The van der Waals surface area contributed by atoms with Gasteiger partial charge < -0.3 is 9.47 Å². The van der Waals surface area contributed by atoms with E-state index in [-0.39, 0.29) is 29.0 Å². The van der Waals surface area contributed by atoms with Crippen LogP contribution in [-0.4, -0.2) is 24.3 Å². The van der Waals surface area contributed by atoms with Crippen molar-refractivity contribution in [2.75, 3.05) is 6.61 Å². The lowest BCUT2D eigenvalue weighted by Gasteiger charge is -2.01. The van der Waals surface area contributed by atoms with Gasteiger partial charge in [-0.25, -0.2) is 0 Å². The van der Waals surface area contributed by atoms with Gasteiger partial charge in [0.05, 0.1) is 24.2 Å². The summed E-state index contributed by atoms with van der Waals surface area (Å²) in [7, 11) is 0. The normalized spacial score (nSPS) is 39.7. The first-order valence-electron chi connectivity index (χ1n) is 5.67. The Bertz CT molecular complexity index is 293. The highest BCUT2D eigenvalue weighted by Crippen LogP contribution is 2.66. The number of rotatable bonds is 3. The van der Waals surface area contributed by atoms with Gasteiger partial charge in [0.2, 0.25) is 0 Å². The average Bonchev–Trinajstić information content (AvgIpc) is 2.86. The van der Waals surface area contributed by atoms with Gasteiger partial charge in [0.25, 0.3) is 0 Å². The van der Waals surface area contributed by atoms with E-state index in [2.05, 4.69) is 27.7 Å². The fraction of sp³-hybridized carbons (Fsp3) is 0.917.